The van der Waals surface area contributed by atoms with Crippen LogP contribution in [0.25, 0.3) is 0 Å². The molecule has 9 nitrogen and oxygen atoms in total. The highest BCUT2D eigenvalue weighted by molar-refractivity contribution is 14.0. The number of guanidine groups is 1. The molecule has 2 N–H and O–H groups in total. The smallest absolute Gasteiger partial charge is 0.192 e. The molecular weight excluding hydrogens is 533 g/mol. The van der Waals surface area contributed by atoms with Gasteiger partial charge >= 0.3 is 0 Å². The quantitative estimate of drug-likeness (QED) is 0.216. The van der Waals surface area contributed by atoms with Gasteiger partial charge in [-0.2, -0.15) is 0 Å². The number of aliphatic imine (C=N–C) groups is 1. The second kappa shape index (κ2) is 13.2. The number of rotatable bonds is 10. The molecule has 0 spiro atoms. The van der Waals surface area contributed by atoms with E-state index in [-0.39, 0.29) is 24.0 Å². The Morgan fingerprint density at radius 2 is 1.82 bits per heavy atom. The zero-order chi connectivity index (χ0) is 22.9. The second-order valence-electron chi connectivity index (χ2n) is 7.67. The van der Waals surface area contributed by atoms with E-state index in [1.54, 1.807) is 7.11 Å². The normalized spacial score (nSPS) is 11.4. The first-order valence-corrected chi connectivity index (χ1v) is 11.0. The summed E-state index contributed by atoms with van der Waals surface area (Å²) in [7, 11) is 3.60. The summed E-state index contributed by atoms with van der Waals surface area (Å²) in [5, 5.41) is 19.2. The number of hydrogen-bond donors (Lipinski definition) is 2. The van der Waals surface area contributed by atoms with Crippen LogP contribution in [0.2, 0.25) is 0 Å². The molecule has 0 amide bonds. The van der Waals surface area contributed by atoms with Gasteiger partial charge in [0.15, 0.2) is 17.5 Å². The fourth-order valence-electron chi connectivity index (χ4n) is 3.33. The Morgan fingerprint density at radius 3 is 2.42 bits per heavy atom. The van der Waals surface area contributed by atoms with Crippen molar-refractivity contribution >= 4 is 29.9 Å². The van der Waals surface area contributed by atoms with E-state index in [0.717, 1.165) is 47.3 Å². The average molecular weight is 567 g/mol. The zero-order valence-electron chi connectivity index (χ0n) is 20.0. The Balaban J connectivity index is 0.00000385. The molecule has 3 rings (SSSR count). The van der Waals surface area contributed by atoms with Gasteiger partial charge < -0.3 is 24.5 Å². The van der Waals surface area contributed by atoms with E-state index >= 15 is 0 Å². The highest BCUT2D eigenvalue weighted by Crippen LogP contribution is 2.22. The molecule has 0 atom stereocenters. The van der Waals surface area contributed by atoms with Crippen molar-refractivity contribution in [3.63, 3.8) is 0 Å². The van der Waals surface area contributed by atoms with Crippen molar-refractivity contribution in [2.45, 2.75) is 59.2 Å². The SMILES string of the molecule is CCC(CC)c1cc(CNC(=NCc2ccc(OC)cc2)NCc2nnc(C)n2C)on1.I. The van der Waals surface area contributed by atoms with Crippen molar-refractivity contribution in [3.8, 4) is 5.75 Å². The van der Waals surface area contributed by atoms with Gasteiger partial charge in [-0.3, -0.25) is 0 Å². The van der Waals surface area contributed by atoms with Crippen LogP contribution in [-0.2, 0) is 26.7 Å². The number of aromatic nitrogens is 4. The Bertz CT molecular complexity index is 1010. The van der Waals surface area contributed by atoms with E-state index in [0.29, 0.717) is 31.5 Å². The number of hydrogen-bond acceptors (Lipinski definition) is 6. The monoisotopic (exact) mass is 567 g/mol. The minimum Gasteiger partial charge on any atom is -0.497 e. The molecule has 0 fully saturated rings. The maximum absolute atomic E-state index is 5.54. The Hall–Kier alpha value is -2.63. The van der Waals surface area contributed by atoms with Crippen LogP contribution in [-0.4, -0.2) is 33.0 Å². The summed E-state index contributed by atoms with van der Waals surface area (Å²) >= 11 is 0. The van der Waals surface area contributed by atoms with Gasteiger partial charge in [0, 0.05) is 19.0 Å². The van der Waals surface area contributed by atoms with Gasteiger partial charge in [0.05, 0.1) is 32.4 Å². The van der Waals surface area contributed by atoms with Gasteiger partial charge in [-0.15, -0.1) is 34.2 Å². The number of aryl methyl sites for hydroxylation is 1. The second-order valence-corrected chi connectivity index (χ2v) is 7.67. The summed E-state index contributed by atoms with van der Waals surface area (Å²) in [6, 6.07) is 9.90. The summed E-state index contributed by atoms with van der Waals surface area (Å²) in [4.78, 5) is 4.72. The van der Waals surface area contributed by atoms with E-state index < -0.39 is 0 Å². The third-order valence-corrected chi connectivity index (χ3v) is 5.59. The number of benzene rings is 1. The van der Waals surface area contributed by atoms with Gasteiger partial charge in [-0.05, 0) is 37.5 Å². The number of halogens is 1. The van der Waals surface area contributed by atoms with Crippen molar-refractivity contribution in [2.75, 3.05) is 7.11 Å². The number of ether oxygens (including phenoxy) is 1. The first-order chi connectivity index (χ1) is 15.5. The zero-order valence-corrected chi connectivity index (χ0v) is 22.3. The molecule has 0 saturated carbocycles. The lowest BCUT2D eigenvalue weighted by atomic mass is 9.99. The maximum Gasteiger partial charge on any atom is 0.192 e. The van der Waals surface area contributed by atoms with E-state index in [9.17, 15) is 0 Å². The van der Waals surface area contributed by atoms with Gasteiger partial charge in [0.25, 0.3) is 0 Å². The summed E-state index contributed by atoms with van der Waals surface area (Å²) < 4.78 is 12.7. The minimum absolute atomic E-state index is 0. The largest absolute Gasteiger partial charge is 0.497 e. The van der Waals surface area contributed by atoms with Crippen LogP contribution >= 0.6 is 24.0 Å². The molecule has 2 heterocycles. The summed E-state index contributed by atoms with van der Waals surface area (Å²) in [6.07, 6.45) is 2.09. The highest BCUT2D eigenvalue weighted by Gasteiger charge is 2.13. The summed E-state index contributed by atoms with van der Waals surface area (Å²) in [5.74, 6) is 4.37. The van der Waals surface area contributed by atoms with Crippen molar-refractivity contribution in [1.82, 2.24) is 30.6 Å². The average Bonchev–Trinajstić information content (AvgIpc) is 3.41. The van der Waals surface area contributed by atoms with Crippen molar-refractivity contribution in [2.24, 2.45) is 12.0 Å². The summed E-state index contributed by atoms with van der Waals surface area (Å²) in [5.41, 5.74) is 2.09. The Kier molecular flexibility index (Phi) is 10.6. The van der Waals surface area contributed by atoms with Crippen LogP contribution in [0.15, 0.2) is 39.8 Å². The van der Waals surface area contributed by atoms with Crippen LogP contribution in [0.3, 0.4) is 0 Å². The molecule has 0 aliphatic rings. The van der Waals surface area contributed by atoms with E-state index in [2.05, 4.69) is 39.8 Å². The fourth-order valence-corrected chi connectivity index (χ4v) is 3.33. The fraction of sp³-hybridized carbons (Fsp3) is 0.478. The standard InChI is InChI=1S/C23H33N7O2.HI/c1-6-18(7-2)21-12-20(32-29-21)14-25-23(26-15-22-28-27-16(3)30(22)4)24-13-17-8-10-19(31-5)11-9-17;/h8-12,18H,6-7,13-15H2,1-5H3,(H2,24,25,26);1H. The summed E-state index contributed by atoms with van der Waals surface area (Å²) in [6.45, 7) is 7.77. The Labute approximate surface area is 212 Å². The number of nitrogens with one attached hydrogen (secondary N) is 2. The molecule has 3 aromatic rings. The molecule has 1 aromatic carbocycles. The van der Waals surface area contributed by atoms with Crippen LogP contribution in [0.4, 0.5) is 0 Å². The van der Waals surface area contributed by atoms with Crippen molar-refractivity contribution < 1.29 is 9.26 Å². The molecule has 0 aliphatic heterocycles. The lowest BCUT2D eigenvalue weighted by Gasteiger charge is -2.12. The van der Waals surface area contributed by atoms with Crippen LogP contribution in [0.5, 0.6) is 5.75 Å². The molecule has 0 bridgehead atoms. The van der Waals surface area contributed by atoms with Gasteiger partial charge in [0.2, 0.25) is 0 Å². The van der Waals surface area contributed by atoms with Crippen LogP contribution in [0.1, 0.15) is 61.3 Å². The predicted molar refractivity (Wildman–Crippen MR) is 139 cm³/mol. The third-order valence-electron chi connectivity index (χ3n) is 5.59. The molecule has 180 valence electrons. The molecule has 0 radical (unpaired) electrons. The molecule has 0 aliphatic carbocycles. The molecule has 0 unspecified atom stereocenters. The van der Waals surface area contributed by atoms with Gasteiger partial charge in [-0.25, -0.2) is 4.99 Å². The van der Waals surface area contributed by atoms with E-state index in [4.69, 9.17) is 14.3 Å². The Morgan fingerprint density at radius 1 is 1.12 bits per heavy atom. The van der Waals surface area contributed by atoms with Crippen molar-refractivity contribution in [3.05, 3.63) is 59.0 Å². The van der Waals surface area contributed by atoms with Crippen LogP contribution < -0.4 is 15.4 Å². The minimum atomic E-state index is 0. The molecule has 2 aromatic heterocycles. The van der Waals surface area contributed by atoms with Gasteiger partial charge in [-0.1, -0.05) is 31.1 Å². The maximum atomic E-state index is 5.54. The molecule has 10 heteroatoms. The van der Waals surface area contributed by atoms with E-state index in [1.165, 1.54) is 0 Å². The van der Waals surface area contributed by atoms with Crippen molar-refractivity contribution in [1.29, 1.82) is 0 Å². The molecule has 0 saturated heterocycles. The number of methoxy groups -OCH3 is 1. The van der Waals surface area contributed by atoms with E-state index in [1.807, 2.05) is 48.9 Å². The molecular formula is C23H34IN7O2. The first kappa shape index (κ1) is 26.6. The lowest BCUT2D eigenvalue weighted by Crippen LogP contribution is -2.37. The number of nitrogens with zero attached hydrogens (tertiary/aromatic N) is 5. The third kappa shape index (κ3) is 7.44. The van der Waals surface area contributed by atoms with Crippen LogP contribution in [0, 0.1) is 6.92 Å². The topological polar surface area (TPSA) is 102 Å². The highest BCUT2D eigenvalue weighted by atomic mass is 127. The predicted octanol–water partition coefficient (Wildman–Crippen LogP) is 4.08. The van der Waals surface area contributed by atoms with Gasteiger partial charge in [0.1, 0.15) is 11.6 Å². The molecule has 33 heavy (non-hydrogen) atoms. The first-order valence-electron chi connectivity index (χ1n) is 11.0. The lowest BCUT2D eigenvalue weighted by molar-refractivity contribution is 0.368.